The van der Waals surface area contributed by atoms with Gasteiger partial charge in [-0.25, -0.2) is 9.78 Å². The van der Waals surface area contributed by atoms with Crippen molar-refractivity contribution in [3.8, 4) is 0 Å². The van der Waals surface area contributed by atoms with Crippen molar-refractivity contribution in [3.63, 3.8) is 0 Å². The van der Waals surface area contributed by atoms with Gasteiger partial charge in [0.05, 0.1) is 11.1 Å². The highest BCUT2D eigenvalue weighted by molar-refractivity contribution is 6.31. The van der Waals surface area contributed by atoms with Crippen LogP contribution in [0.2, 0.25) is 5.15 Å². The minimum absolute atomic E-state index is 0.410. The van der Waals surface area contributed by atoms with E-state index in [4.69, 9.17) is 16.7 Å². The van der Waals surface area contributed by atoms with E-state index < -0.39 is 22.6 Å². The fourth-order valence-electron chi connectivity index (χ4n) is 1.43. The van der Waals surface area contributed by atoms with E-state index in [1.54, 1.807) is 24.3 Å². The number of hydrogen-bond acceptors (Lipinski definition) is 2. The first-order valence-electron chi connectivity index (χ1n) is 4.60. The van der Waals surface area contributed by atoms with E-state index in [9.17, 15) is 13.6 Å². The minimum Gasteiger partial charge on any atom is -0.477 e. The number of halogens is 3. The first-order valence-corrected chi connectivity index (χ1v) is 4.97. The van der Waals surface area contributed by atoms with E-state index in [-0.39, 0.29) is 0 Å². The number of alkyl halides is 2. The molecule has 0 unspecified atom stereocenters. The summed E-state index contributed by atoms with van der Waals surface area (Å²) in [5, 5.41) is 8.36. The molecule has 0 aliphatic rings. The number of nitrogens with zero attached hydrogens (tertiary/aromatic N) is 1. The Morgan fingerprint density at radius 3 is 2.65 bits per heavy atom. The van der Waals surface area contributed by atoms with Crippen LogP contribution in [0.5, 0.6) is 0 Å². The third kappa shape index (κ3) is 1.93. The van der Waals surface area contributed by atoms with Gasteiger partial charge < -0.3 is 5.11 Å². The van der Waals surface area contributed by atoms with Gasteiger partial charge in [0.2, 0.25) is 0 Å². The van der Waals surface area contributed by atoms with Crippen LogP contribution in [0.3, 0.4) is 0 Å². The van der Waals surface area contributed by atoms with Crippen LogP contribution in [0.1, 0.15) is 5.56 Å². The Morgan fingerprint density at radius 1 is 1.35 bits per heavy atom. The highest BCUT2D eigenvalue weighted by atomic mass is 35.5. The van der Waals surface area contributed by atoms with Gasteiger partial charge in [-0.3, -0.25) is 0 Å². The average Bonchev–Trinajstić information content (AvgIpc) is 2.27. The summed E-state index contributed by atoms with van der Waals surface area (Å²) in [6.07, 6.45) is 0. The molecule has 0 aliphatic carbocycles. The van der Waals surface area contributed by atoms with Gasteiger partial charge in [0, 0.05) is 5.39 Å². The molecule has 0 amide bonds. The summed E-state index contributed by atoms with van der Waals surface area (Å²) >= 11 is 5.58. The summed E-state index contributed by atoms with van der Waals surface area (Å²) in [6, 6.07) is 7.52. The van der Waals surface area contributed by atoms with Crippen LogP contribution >= 0.6 is 11.6 Å². The summed E-state index contributed by atoms with van der Waals surface area (Å²) in [5.74, 6) is -6.30. The lowest BCUT2D eigenvalue weighted by Gasteiger charge is -2.13. The van der Waals surface area contributed by atoms with Gasteiger partial charge in [0.25, 0.3) is 0 Å². The molecule has 6 heteroatoms. The summed E-state index contributed by atoms with van der Waals surface area (Å²) in [7, 11) is 0. The maximum absolute atomic E-state index is 13.3. The zero-order chi connectivity index (χ0) is 12.6. The topological polar surface area (TPSA) is 50.2 Å². The Bertz CT molecular complexity index is 601. The van der Waals surface area contributed by atoms with E-state index in [0.717, 1.165) is 6.07 Å². The minimum atomic E-state index is -4.05. The van der Waals surface area contributed by atoms with E-state index in [1.807, 2.05) is 0 Å². The van der Waals surface area contributed by atoms with Gasteiger partial charge in [-0.1, -0.05) is 29.8 Å². The number of fused-ring (bicyclic) bond motifs is 1. The van der Waals surface area contributed by atoms with Crippen molar-refractivity contribution in [1.82, 2.24) is 4.98 Å². The molecule has 0 saturated carbocycles. The van der Waals surface area contributed by atoms with Crippen molar-refractivity contribution in [2.45, 2.75) is 5.92 Å². The molecule has 2 rings (SSSR count). The molecule has 1 aromatic heterocycles. The van der Waals surface area contributed by atoms with Crippen LogP contribution in [0.4, 0.5) is 8.78 Å². The molecule has 3 nitrogen and oxygen atoms in total. The average molecular weight is 258 g/mol. The number of para-hydroxylation sites is 1. The lowest BCUT2D eigenvalue weighted by Crippen LogP contribution is -2.26. The van der Waals surface area contributed by atoms with Gasteiger partial charge >= 0.3 is 11.9 Å². The molecular weight excluding hydrogens is 252 g/mol. The van der Waals surface area contributed by atoms with Crippen molar-refractivity contribution >= 4 is 28.5 Å². The second kappa shape index (κ2) is 3.92. The molecule has 17 heavy (non-hydrogen) atoms. The van der Waals surface area contributed by atoms with Gasteiger partial charge in [0.15, 0.2) is 0 Å². The largest absolute Gasteiger partial charge is 0.477 e. The second-order valence-corrected chi connectivity index (χ2v) is 3.76. The molecule has 1 heterocycles. The molecule has 2 aromatic rings. The normalized spacial score (nSPS) is 11.7. The van der Waals surface area contributed by atoms with Crippen LogP contribution in [-0.4, -0.2) is 16.1 Å². The molecule has 0 radical (unpaired) electrons. The third-order valence-electron chi connectivity index (χ3n) is 2.28. The van der Waals surface area contributed by atoms with E-state index in [1.165, 1.54) is 0 Å². The maximum atomic E-state index is 13.3. The number of carboxylic acid groups (broad SMARTS) is 1. The first kappa shape index (κ1) is 11.7. The molecular formula is C11H6ClF2NO2. The van der Waals surface area contributed by atoms with Crippen LogP contribution in [0, 0.1) is 0 Å². The predicted molar refractivity (Wildman–Crippen MR) is 58.3 cm³/mol. The van der Waals surface area contributed by atoms with Crippen molar-refractivity contribution in [3.05, 3.63) is 41.0 Å². The number of carbonyl (C=O) groups is 1. The number of carboxylic acids is 1. The highest BCUT2D eigenvalue weighted by Crippen LogP contribution is 2.34. The van der Waals surface area contributed by atoms with Crippen LogP contribution in [0.25, 0.3) is 10.9 Å². The lowest BCUT2D eigenvalue weighted by atomic mass is 10.1. The molecule has 0 saturated heterocycles. The van der Waals surface area contributed by atoms with E-state index >= 15 is 0 Å². The SMILES string of the molecule is O=C(O)C(F)(F)c1cc2ccccc2nc1Cl. The summed E-state index contributed by atoms with van der Waals surface area (Å²) in [6.45, 7) is 0. The Balaban J connectivity index is 2.70. The molecule has 1 aromatic carbocycles. The summed E-state index contributed by atoms with van der Waals surface area (Å²) in [5.41, 5.74) is -0.368. The Labute approximate surface area is 99.7 Å². The van der Waals surface area contributed by atoms with Gasteiger partial charge in [-0.05, 0) is 12.1 Å². The highest BCUT2D eigenvalue weighted by Gasteiger charge is 2.43. The molecule has 88 valence electrons. The van der Waals surface area contributed by atoms with Crippen molar-refractivity contribution in [2.24, 2.45) is 0 Å². The number of pyridine rings is 1. The quantitative estimate of drug-likeness (QED) is 0.841. The summed E-state index contributed by atoms with van der Waals surface area (Å²) < 4.78 is 26.7. The van der Waals surface area contributed by atoms with E-state index in [2.05, 4.69) is 4.98 Å². The predicted octanol–water partition coefficient (Wildman–Crippen LogP) is 3.06. The number of aliphatic carboxylic acids is 1. The molecule has 0 bridgehead atoms. The summed E-state index contributed by atoms with van der Waals surface area (Å²) in [4.78, 5) is 14.2. The van der Waals surface area contributed by atoms with Crippen molar-refractivity contribution in [2.75, 3.05) is 0 Å². The molecule has 0 spiro atoms. The molecule has 0 atom stereocenters. The monoisotopic (exact) mass is 257 g/mol. The number of aromatic nitrogens is 1. The Kier molecular flexibility index (Phi) is 2.71. The lowest BCUT2D eigenvalue weighted by molar-refractivity contribution is -0.166. The number of rotatable bonds is 2. The van der Waals surface area contributed by atoms with Crippen LogP contribution in [-0.2, 0) is 10.7 Å². The fraction of sp³-hybridized carbons (Fsp3) is 0.0909. The smallest absolute Gasteiger partial charge is 0.379 e. The van der Waals surface area contributed by atoms with Crippen LogP contribution < -0.4 is 0 Å². The van der Waals surface area contributed by atoms with Gasteiger partial charge in [-0.2, -0.15) is 8.78 Å². The van der Waals surface area contributed by atoms with E-state index in [0.29, 0.717) is 10.9 Å². The zero-order valence-electron chi connectivity index (χ0n) is 8.32. The third-order valence-corrected chi connectivity index (χ3v) is 2.57. The second-order valence-electron chi connectivity index (χ2n) is 3.40. The number of hydrogen-bond donors (Lipinski definition) is 1. The van der Waals surface area contributed by atoms with Crippen molar-refractivity contribution in [1.29, 1.82) is 0 Å². The van der Waals surface area contributed by atoms with Gasteiger partial charge in [0.1, 0.15) is 5.15 Å². The Hall–Kier alpha value is -1.75. The molecule has 1 N–H and O–H groups in total. The maximum Gasteiger partial charge on any atom is 0.379 e. The molecule has 0 fully saturated rings. The number of benzene rings is 1. The van der Waals surface area contributed by atoms with Crippen LogP contribution in [0.15, 0.2) is 30.3 Å². The fourth-order valence-corrected chi connectivity index (χ4v) is 1.69. The van der Waals surface area contributed by atoms with Crippen molar-refractivity contribution < 1.29 is 18.7 Å². The first-order chi connectivity index (χ1) is 7.93. The Morgan fingerprint density at radius 2 is 2.00 bits per heavy atom. The standard InChI is InChI=1S/C11H6ClF2NO2/c12-9-7(11(13,14)10(16)17)5-6-3-1-2-4-8(6)15-9/h1-5H,(H,16,17). The molecule has 0 aliphatic heterocycles. The zero-order valence-corrected chi connectivity index (χ0v) is 9.08. The van der Waals surface area contributed by atoms with Gasteiger partial charge in [-0.15, -0.1) is 0 Å².